The zero-order valence-electron chi connectivity index (χ0n) is 13.4. The van der Waals surface area contributed by atoms with Gasteiger partial charge in [-0.15, -0.1) is 0 Å². The van der Waals surface area contributed by atoms with Crippen LogP contribution < -0.4 is 5.32 Å². The molecule has 4 nitrogen and oxygen atoms in total. The third-order valence-corrected chi connectivity index (χ3v) is 5.16. The second kappa shape index (κ2) is 7.41. The molecule has 1 N–H and O–H groups in total. The monoisotopic (exact) mass is 281 g/mol. The Morgan fingerprint density at radius 2 is 1.80 bits per heavy atom. The van der Waals surface area contributed by atoms with Gasteiger partial charge in [-0.25, -0.2) is 0 Å². The largest absolute Gasteiger partial charge is 0.339 e. The van der Waals surface area contributed by atoms with Gasteiger partial charge >= 0.3 is 0 Å². The molecule has 1 amide bonds. The molecule has 1 heterocycles. The number of rotatable bonds is 4. The molecule has 0 unspecified atom stereocenters. The van der Waals surface area contributed by atoms with E-state index in [1.807, 2.05) is 4.90 Å². The number of piperazine rings is 1. The molecular weight excluding hydrogens is 250 g/mol. The Morgan fingerprint density at radius 3 is 2.35 bits per heavy atom. The lowest BCUT2D eigenvalue weighted by atomic mass is 9.79. The molecule has 20 heavy (non-hydrogen) atoms. The van der Waals surface area contributed by atoms with Gasteiger partial charge in [0.25, 0.3) is 0 Å². The Kier molecular flexibility index (Phi) is 5.85. The molecule has 1 saturated heterocycles. The summed E-state index contributed by atoms with van der Waals surface area (Å²) in [6.45, 7) is 8.88. The van der Waals surface area contributed by atoms with Crippen molar-refractivity contribution < 1.29 is 4.79 Å². The van der Waals surface area contributed by atoms with Crippen molar-refractivity contribution in [2.75, 3.05) is 39.8 Å². The van der Waals surface area contributed by atoms with E-state index in [0.717, 1.165) is 38.0 Å². The number of hydrogen-bond donors (Lipinski definition) is 1. The highest BCUT2D eigenvalue weighted by atomic mass is 16.2. The molecule has 0 bridgehead atoms. The van der Waals surface area contributed by atoms with Gasteiger partial charge < -0.3 is 10.2 Å². The van der Waals surface area contributed by atoms with E-state index in [2.05, 4.69) is 31.1 Å². The summed E-state index contributed by atoms with van der Waals surface area (Å²) in [5.74, 6) is 2.01. The van der Waals surface area contributed by atoms with Crippen LogP contribution >= 0.6 is 0 Å². The van der Waals surface area contributed by atoms with Crippen molar-refractivity contribution in [3.8, 4) is 0 Å². The fourth-order valence-corrected chi connectivity index (χ4v) is 3.57. The maximum Gasteiger partial charge on any atom is 0.236 e. The third-order valence-electron chi connectivity index (χ3n) is 5.16. The van der Waals surface area contributed by atoms with E-state index in [-0.39, 0.29) is 0 Å². The molecule has 116 valence electrons. The van der Waals surface area contributed by atoms with Gasteiger partial charge in [0, 0.05) is 32.2 Å². The maximum atomic E-state index is 12.3. The van der Waals surface area contributed by atoms with Crippen molar-refractivity contribution in [1.82, 2.24) is 15.1 Å². The average Bonchev–Trinajstić information content (AvgIpc) is 2.48. The summed E-state index contributed by atoms with van der Waals surface area (Å²) in [5.41, 5.74) is 0. The van der Waals surface area contributed by atoms with Crippen LogP contribution in [0.1, 0.15) is 39.5 Å². The van der Waals surface area contributed by atoms with E-state index < -0.39 is 0 Å². The second-order valence-electron chi connectivity index (χ2n) is 6.86. The van der Waals surface area contributed by atoms with Crippen LogP contribution in [0.2, 0.25) is 0 Å². The predicted molar refractivity (Wildman–Crippen MR) is 82.7 cm³/mol. The van der Waals surface area contributed by atoms with Gasteiger partial charge in [0.15, 0.2) is 0 Å². The maximum absolute atomic E-state index is 12.3. The van der Waals surface area contributed by atoms with Gasteiger partial charge in [0.2, 0.25) is 5.91 Å². The minimum Gasteiger partial charge on any atom is -0.339 e. The number of carbonyl (C=O) groups excluding carboxylic acids is 1. The highest BCUT2D eigenvalue weighted by Crippen LogP contribution is 2.31. The van der Waals surface area contributed by atoms with Crippen LogP contribution in [0.15, 0.2) is 0 Å². The topological polar surface area (TPSA) is 35.6 Å². The number of likely N-dealkylation sites (N-methyl/N-ethyl adjacent to an activating group) is 1. The van der Waals surface area contributed by atoms with Crippen LogP contribution in [0.5, 0.6) is 0 Å². The highest BCUT2D eigenvalue weighted by molar-refractivity contribution is 5.78. The first-order valence-electron chi connectivity index (χ1n) is 8.26. The Morgan fingerprint density at radius 1 is 1.20 bits per heavy atom. The van der Waals surface area contributed by atoms with Crippen molar-refractivity contribution >= 4 is 5.91 Å². The quantitative estimate of drug-likeness (QED) is 0.849. The molecule has 2 fully saturated rings. The van der Waals surface area contributed by atoms with Gasteiger partial charge in [0.05, 0.1) is 6.54 Å². The molecule has 1 aliphatic carbocycles. The second-order valence-corrected chi connectivity index (χ2v) is 6.86. The molecule has 2 aliphatic rings. The molecule has 0 spiro atoms. The van der Waals surface area contributed by atoms with Crippen LogP contribution in [-0.4, -0.2) is 61.5 Å². The van der Waals surface area contributed by atoms with Crippen molar-refractivity contribution in [2.24, 2.45) is 11.8 Å². The molecule has 2 rings (SSSR count). The Bertz CT molecular complexity index is 305. The Balaban J connectivity index is 1.74. The van der Waals surface area contributed by atoms with Crippen LogP contribution in [-0.2, 0) is 4.79 Å². The van der Waals surface area contributed by atoms with Crippen molar-refractivity contribution in [1.29, 1.82) is 0 Å². The van der Waals surface area contributed by atoms with Crippen LogP contribution in [0.25, 0.3) is 0 Å². The lowest BCUT2D eigenvalue weighted by Crippen LogP contribution is -2.50. The van der Waals surface area contributed by atoms with Gasteiger partial charge in [-0.05, 0) is 44.6 Å². The van der Waals surface area contributed by atoms with Gasteiger partial charge in [0.1, 0.15) is 0 Å². The number of carbonyl (C=O) groups is 1. The average molecular weight is 281 g/mol. The van der Waals surface area contributed by atoms with E-state index in [1.165, 1.54) is 25.7 Å². The molecular formula is C16H31N3O. The minimum atomic E-state index is 0.306. The van der Waals surface area contributed by atoms with Crippen molar-refractivity contribution in [3.05, 3.63) is 0 Å². The van der Waals surface area contributed by atoms with Crippen LogP contribution in [0, 0.1) is 11.8 Å². The summed E-state index contributed by atoms with van der Waals surface area (Å²) in [6.07, 6.45) is 5.17. The third kappa shape index (κ3) is 4.19. The Hall–Kier alpha value is -0.610. The van der Waals surface area contributed by atoms with Gasteiger partial charge in [-0.1, -0.05) is 13.8 Å². The van der Waals surface area contributed by atoms with E-state index >= 15 is 0 Å². The summed E-state index contributed by atoms with van der Waals surface area (Å²) >= 11 is 0. The zero-order chi connectivity index (χ0) is 14.5. The number of amides is 1. The fourth-order valence-electron chi connectivity index (χ4n) is 3.57. The van der Waals surface area contributed by atoms with Gasteiger partial charge in [-0.3, -0.25) is 9.69 Å². The zero-order valence-corrected chi connectivity index (χ0v) is 13.4. The van der Waals surface area contributed by atoms with E-state index in [1.54, 1.807) is 0 Å². The van der Waals surface area contributed by atoms with Crippen LogP contribution in [0.4, 0.5) is 0 Å². The Labute approximate surface area is 123 Å². The molecule has 1 saturated carbocycles. The van der Waals surface area contributed by atoms with E-state index in [4.69, 9.17) is 0 Å². The normalized spacial score (nSPS) is 28.1. The van der Waals surface area contributed by atoms with Crippen LogP contribution in [0.3, 0.4) is 0 Å². The molecule has 4 heteroatoms. The number of nitrogens with zero attached hydrogens (tertiary/aromatic N) is 2. The summed E-state index contributed by atoms with van der Waals surface area (Å²) in [7, 11) is 2.13. The summed E-state index contributed by atoms with van der Waals surface area (Å²) < 4.78 is 0. The summed E-state index contributed by atoms with van der Waals surface area (Å²) in [5, 5.41) is 3.29. The highest BCUT2D eigenvalue weighted by Gasteiger charge is 2.27. The smallest absolute Gasteiger partial charge is 0.236 e. The first-order valence-corrected chi connectivity index (χ1v) is 8.26. The summed E-state index contributed by atoms with van der Waals surface area (Å²) in [6, 6.07) is 0.608. The minimum absolute atomic E-state index is 0.306. The molecule has 0 atom stereocenters. The molecule has 1 aliphatic heterocycles. The van der Waals surface area contributed by atoms with E-state index in [9.17, 15) is 4.79 Å². The number of hydrogen-bond acceptors (Lipinski definition) is 3. The fraction of sp³-hybridized carbons (Fsp3) is 0.938. The molecule has 0 aromatic rings. The van der Waals surface area contributed by atoms with E-state index in [0.29, 0.717) is 18.5 Å². The lowest BCUT2D eigenvalue weighted by molar-refractivity contribution is -0.133. The molecule has 0 aromatic heterocycles. The first-order chi connectivity index (χ1) is 9.58. The molecule has 0 radical (unpaired) electrons. The lowest BCUT2D eigenvalue weighted by Gasteiger charge is -2.37. The standard InChI is InChI=1S/C16H31N3O/c1-13(2)14-4-6-15(7-5-14)18(3)12-16(20)19-10-8-17-9-11-19/h13-15,17H,4-12H2,1-3H3. The predicted octanol–water partition coefficient (Wildman–Crippen LogP) is 1.56. The van der Waals surface area contributed by atoms with Gasteiger partial charge in [-0.2, -0.15) is 0 Å². The SMILES string of the molecule is CC(C)C1CCC(N(C)CC(=O)N2CCNCC2)CC1. The van der Waals surface area contributed by atoms with Crippen molar-refractivity contribution in [3.63, 3.8) is 0 Å². The summed E-state index contributed by atoms with van der Waals surface area (Å²) in [4.78, 5) is 16.6. The number of nitrogens with one attached hydrogen (secondary N) is 1. The van der Waals surface area contributed by atoms with Crippen molar-refractivity contribution in [2.45, 2.75) is 45.6 Å². The molecule has 0 aromatic carbocycles. The first kappa shape index (κ1) is 15.8.